The summed E-state index contributed by atoms with van der Waals surface area (Å²) in [4.78, 5) is 6.90. The van der Waals surface area contributed by atoms with E-state index in [-0.39, 0.29) is 5.82 Å². The lowest BCUT2D eigenvalue weighted by Gasteiger charge is -2.41. The van der Waals surface area contributed by atoms with Crippen molar-refractivity contribution < 1.29 is 4.39 Å². The van der Waals surface area contributed by atoms with Crippen molar-refractivity contribution in [2.45, 2.75) is 17.5 Å². The molecule has 2 aliphatic heterocycles. The summed E-state index contributed by atoms with van der Waals surface area (Å²) < 4.78 is 15.9. The molecule has 3 heterocycles. The Kier molecular flexibility index (Phi) is 3.23. The predicted molar refractivity (Wildman–Crippen MR) is 96.4 cm³/mol. The van der Waals surface area contributed by atoms with Crippen molar-refractivity contribution in [3.05, 3.63) is 54.0 Å². The van der Waals surface area contributed by atoms with Gasteiger partial charge in [0, 0.05) is 53.2 Å². The quantitative estimate of drug-likeness (QED) is 0.710. The van der Waals surface area contributed by atoms with Crippen LogP contribution in [0, 0.1) is 5.82 Å². The predicted octanol–water partition coefficient (Wildman–Crippen LogP) is 4.11. The molecule has 3 nitrogen and oxygen atoms in total. The smallest absolute Gasteiger partial charge is 0.125 e. The maximum Gasteiger partial charge on any atom is 0.125 e. The monoisotopic (exact) mass is 339 g/mol. The Morgan fingerprint density at radius 1 is 1.17 bits per heavy atom. The molecule has 5 heteroatoms. The second-order valence-corrected chi connectivity index (χ2v) is 7.85. The summed E-state index contributed by atoms with van der Waals surface area (Å²) in [6, 6.07) is 12.3. The van der Waals surface area contributed by atoms with E-state index in [0.29, 0.717) is 6.04 Å². The van der Waals surface area contributed by atoms with Crippen molar-refractivity contribution in [1.29, 1.82) is 0 Å². The zero-order valence-corrected chi connectivity index (χ0v) is 14.2. The van der Waals surface area contributed by atoms with E-state index < -0.39 is 0 Å². The van der Waals surface area contributed by atoms with Gasteiger partial charge in [0.2, 0.25) is 0 Å². The number of likely N-dealkylation sites (N-methyl/N-ethyl adjacent to an activating group) is 1. The average Bonchev–Trinajstić information content (AvgIpc) is 3.13. The molecular weight excluding hydrogens is 321 g/mol. The Balaban J connectivity index is 1.47. The van der Waals surface area contributed by atoms with E-state index in [2.05, 4.69) is 39.4 Å². The van der Waals surface area contributed by atoms with Crippen LogP contribution in [0.4, 0.5) is 4.39 Å². The molecule has 24 heavy (non-hydrogen) atoms. The minimum atomic E-state index is -0.206. The van der Waals surface area contributed by atoms with E-state index in [9.17, 15) is 4.39 Å². The largest absolute Gasteiger partial charge is 0.360 e. The molecule has 0 amide bonds. The van der Waals surface area contributed by atoms with E-state index in [1.165, 1.54) is 22.1 Å². The first-order valence-electron chi connectivity index (χ1n) is 8.20. The number of fused-ring (bicyclic) bond motifs is 2. The molecular formula is C19H18FN3S. The molecule has 122 valence electrons. The second kappa shape index (κ2) is 5.34. The lowest BCUT2D eigenvalue weighted by atomic mass is 10.0. The SMILES string of the molecule is CN1CC(N2Cc3cc(-c4c[nH]c5cc(F)ccc45)ccc3S2)C1. The summed E-state index contributed by atoms with van der Waals surface area (Å²) >= 11 is 1.88. The van der Waals surface area contributed by atoms with Crippen LogP contribution in [0.2, 0.25) is 0 Å². The third-order valence-corrected chi connectivity index (χ3v) is 6.27. The maximum absolute atomic E-state index is 13.4. The van der Waals surface area contributed by atoms with Crippen LogP contribution in [0.15, 0.2) is 47.5 Å². The fraction of sp³-hybridized carbons (Fsp3) is 0.263. The molecule has 2 aromatic carbocycles. The molecule has 0 unspecified atom stereocenters. The zero-order valence-electron chi connectivity index (χ0n) is 13.4. The Labute approximate surface area is 144 Å². The van der Waals surface area contributed by atoms with Crippen LogP contribution in [-0.2, 0) is 6.54 Å². The highest BCUT2D eigenvalue weighted by Crippen LogP contribution is 2.41. The molecule has 2 aliphatic rings. The molecule has 1 N–H and O–H groups in total. The number of nitrogens with one attached hydrogen (secondary N) is 1. The topological polar surface area (TPSA) is 22.3 Å². The molecule has 0 saturated carbocycles. The lowest BCUT2D eigenvalue weighted by Crippen LogP contribution is -2.54. The van der Waals surface area contributed by atoms with Gasteiger partial charge >= 0.3 is 0 Å². The molecule has 0 radical (unpaired) electrons. The summed E-state index contributed by atoms with van der Waals surface area (Å²) in [6.07, 6.45) is 1.98. The number of nitrogens with zero attached hydrogens (tertiary/aromatic N) is 2. The minimum Gasteiger partial charge on any atom is -0.360 e. The molecule has 0 atom stereocenters. The van der Waals surface area contributed by atoms with Crippen molar-refractivity contribution in [2.24, 2.45) is 0 Å². The lowest BCUT2D eigenvalue weighted by molar-refractivity contribution is 0.111. The van der Waals surface area contributed by atoms with Crippen LogP contribution in [0.25, 0.3) is 22.0 Å². The normalized spacial score (nSPS) is 18.9. The molecule has 0 spiro atoms. The molecule has 1 fully saturated rings. The highest BCUT2D eigenvalue weighted by Gasteiger charge is 2.33. The highest BCUT2D eigenvalue weighted by molar-refractivity contribution is 7.97. The van der Waals surface area contributed by atoms with E-state index in [1.807, 2.05) is 24.2 Å². The summed E-state index contributed by atoms with van der Waals surface area (Å²) in [7, 11) is 2.17. The van der Waals surface area contributed by atoms with Crippen molar-refractivity contribution >= 4 is 22.9 Å². The standard InChI is InChI=1S/C19H18FN3S/c1-22-10-15(11-22)23-9-13-6-12(2-5-19(13)24-23)17-8-21-18-7-14(20)3-4-16(17)18/h2-8,15,21H,9-11H2,1H3. The van der Waals surface area contributed by atoms with Crippen LogP contribution in [0.3, 0.4) is 0 Å². The van der Waals surface area contributed by atoms with Gasteiger partial charge < -0.3 is 9.88 Å². The summed E-state index contributed by atoms with van der Waals surface area (Å²) in [5.41, 5.74) is 4.57. The summed E-state index contributed by atoms with van der Waals surface area (Å²) in [5, 5.41) is 1.07. The van der Waals surface area contributed by atoms with Gasteiger partial charge in [0.15, 0.2) is 0 Å². The van der Waals surface area contributed by atoms with Crippen LogP contribution in [0.1, 0.15) is 5.56 Å². The second-order valence-electron chi connectivity index (χ2n) is 6.76. The van der Waals surface area contributed by atoms with Gasteiger partial charge in [0.25, 0.3) is 0 Å². The highest BCUT2D eigenvalue weighted by atomic mass is 32.2. The van der Waals surface area contributed by atoms with Crippen LogP contribution in [0.5, 0.6) is 0 Å². The minimum absolute atomic E-state index is 0.206. The van der Waals surface area contributed by atoms with Gasteiger partial charge in [-0.25, -0.2) is 8.70 Å². The summed E-state index contributed by atoms with van der Waals surface area (Å²) in [6.45, 7) is 3.31. The summed E-state index contributed by atoms with van der Waals surface area (Å²) in [5.74, 6) is -0.206. The van der Waals surface area contributed by atoms with Gasteiger partial charge in [-0.2, -0.15) is 0 Å². The fourth-order valence-corrected chi connectivity index (χ4v) is 4.78. The molecule has 0 bridgehead atoms. The van der Waals surface area contributed by atoms with Gasteiger partial charge in [0.05, 0.1) is 0 Å². The van der Waals surface area contributed by atoms with Crippen LogP contribution < -0.4 is 0 Å². The number of hydrogen-bond acceptors (Lipinski definition) is 3. The van der Waals surface area contributed by atoms with E-state index in [1.54, 1.807) is 6.07 Å². The molecule has 1 saturated heterocycles. The number of hydrogen-bond donors (Lipinski definition) is 1. The van der Waals surface area contributed by atoms with E-state index in [0.717, 1.165) is 36.1 Å². The van der Waals surface area contributed by atoms with Gasteiger partial charge in [-0.15, -0.1) is 0 Å². The van der Waals surface area contributed by atoms with Crippen molar-refractivity contribution in [1.82, 2.24) is 14.2 Å². The Morgan fingerprint density at radius 3 is 2.88 bits per heavy atom. The maximum atomic E-state index is 13.4. The van der Waals surface area contributed by atoms with Crippen LogP contribution in [-0.4, -0.2) is 40.4 Å². The van der Waals surface area contributed by atoms with Crippen molar-refractivity contribution in [3.63, 3.8) is 0 Å². The van der Waals surface area contributed by atoms with Crippen LogP contribution >= 0.6 is 11.9 Å². The number of benzene rings is 2. The third-order valence-electron chi connectivity index (χ3n) is 5.01. The first-order chi connectivity index (χ1) is 11.7. The van der Waals surface area contributed by atoms with E-state index >= 15 is 0 Å². The molecule has 1 aromatic heterocycles. The van der Waals surface area contributed by atoms with Gasteiger partial charge in [-0.1, -0.05) is 6.07 Å². The number of halogens is 1. The van der Waals surface area contributed by atoms with Gasteiger partial charge in [-0.3, -0.25) is 0 Å². The van der Waals surface area contributed by atoms with E-state index in [4.69, 9.17) is 0 Å². The number of aromatic nitrogens is 1. The van der Waals surface area contributed by atoms with Gasteiger partial charge in [0.1, 0.15) is 5.82 Å². The number of aromatic amines is 1. The Hall–Kier alpha value is -1.82. The number of likely N-dealkylation sites (tertiary alicyclic amines) is 1. The number of rotatable bonds is 2. The average molecular weight is 339 g/mol. The first-order valence-corrected chi connectivity index (χ1v) is 8.98. The molecule has 5 rings (SSSR count). The zero-order chi connectivity index (χ0) is 16.3. The Morgan fingerprint density at radius 2 is 2.04 bits per heavy atom. The van der Waals surface area contributed by atoms with Crippen molar-refractivity contribution in [2.75, 3.05) is 20.1 Å². The number of H-pyrrole nitrogens is 1. The van der Waals surface area contributed by atoms with Crippen molar-refractivity contribution in [3.8, 4) is 11.1 Å². The first kappa shape index (κ1) is 14.5. The molecule has 0 aliphatic carbocycles. The third kappa shape index (κ3) is 2.27. The Bertz CT molecular complexity index is 930. The fourth-order valence-electron chi connectivity index (χ4n) is 3.68. The van der Waals surface area contributed by atoms with Gasteiger partial charge in [-0.05, 0) is 60.5 Å². The molecule has 3 aromatic rings.